The minimum atomic E-state index is 0.999. The van der Waals surface area contributed by atoms with E-state index in [0.717, 1.165) is 18.4 Å². The van der Waals surface area contributed by atoms with Gasteiger partial charge < -0.3 is 4.42 Å². The molecular formula is C14H16O. The Morgan fingerprint density at radius 3 is 3.07 bits per heavy atom. The number of aryl methyl sites for hydroxylation is 1. The van der Waals surface area contributed by atoms with Gasteiger partial charge in [0.05, 0.1) is 6.26 Å². The third-order valence-electron chi connectivity index (χ3n) is 2.59. The maximum Gasteiger partial charge on any atom is 0.134 e. The SMILES string of the molecule is CC=CCCCc1ccc2ccoc2c1. The summed E-state index contributed by atoms with van der Waals surface area (Å²) in [5, 5.41) is 1.19. The van der Waals surface area contributed by atoms with Crippen LogP contribution in [0.15, 0.2) is 47.1 Å². The second kappa shape index (κ2) is 4.83. The maximum absolute atomic E-state index is 5.37. The molecule has 15 heavy (non-hydrogen) atoms. The normalized spacial score (nSPS) is 11.5. The largest absolute Gasteiger partial charge is 0.464 e. The van der Waals surface area contributed by atoms with Crippen LogP contribution in [-0.4, -0.2) is 0 Å². The molecule has 0 bridgehead atoms. The second-order valence-electron chi connectivity index (χ2n) is 3.75. The molecular weight excluding hydrogens is 184 g/mol. The predicted molar refractivity (Wildman–Crippen MR) is 64.0 cm³/mol. The van der Waals surface area contributed by atoms with Gasteiger partial charge in [0.1, 0.15) is 5.58 Å². The molecule has 1 aromatic carbocycles. The fourth-order valence-corrected chi connectivity index (χ4v) is 1.75. The summed E-state index contributed by atoms with van der Waals surface area (Å²) in [4.78, 5) is 0. The van der Waals surface area contributed by atoms with Crippen molar-refractivity contribution in [3.8, 4) is 0 Å². The fourth-order valence-electron chi connectivity index (χ4n) is 1.75. The number of hydrogen-bond acceptors (Lipinski definition) is 1. The minimum Gasteiger partial charge on any atom is -0.464 e. The fraction of sp³-hybridized carbons (Fsp3) is 0.286. The molecule has 0 fully saturated rings. The molecule has 0 saturated carbocycles. The Kier molecular flexibility index (Phi) is 3.23. The molecule has 0 aliphatic carbocycles. The van der Waals surface area contributed by atoms with Crippen molar-refractivity contribution in [1.82, 2.24) is 0 Å². The van der Waals surface area contributed by atoms with E-state index in [9.17, 15) is 0 Å². The van der Waals surface area contributed by atoms with Gasteiger partial charge in [-0.25, -0.2) is 0 Å². The van der Waals surface area contributed by atoms with Crippen molar-refractivity contribution in [2.24, 2.45) is 0 Å². The Morgan fingerprint density at radius 2 is 2.20 bits per heavy atom. The van der Waals surface area contributed by atoms with Crippen molar-refractivity contribution in [1.29, 1.82) is 0 Å². The van der Waals surface area contributed by atoms with Crippen molar-refractivity contribution in [2.75, 3.05) is 0 Å². The van der Waals surface area contributed by atoms with Gasteiger partial charge in [0.15, 0.2) is 0 Å². The summed E-state index contributed by atoms with van der Waals surface area (Å²) in [6, 6.07) is 8.46. The monoisotopic (exact) mass is 200 g/mol. The summed E-state index contributed by atoms with van der Waals surface area (Å²) < 4.78 is 5.37. The molecule has 0 radical (unpaired) electrons. The van der Waals surface area contributed by atoms with Gasteiger partial charge in [-0.05, 0) is 43.9 Å². The summed E-state index contributed by atoms with van der Waals surface area (Å²) in [6.07, 6.45) is 9.56. The van der Waals surface area contributed by atoms with E-state index in [-0.39, 0.29) is 0 Å². The van der Waals surface area contributed by atoms with Gasteiger partial charge in [-0.3, -0.25) is 0 Å². The number of allylic oxidation sites excluding steroid dienone is 2. The first kappa shape index (κ1) is 10.0. The lowest BCUT2D eigenvalue weighted by Gasteiger charge is -1.99. The van der Waals surface area contributed by atoms with Crippen molar-refractivity contribution in [3.63, 3.8) is 0 Å². The number of furan rings is 1. The third kappa shape index (κ3) is 2.50. The Bertz CT molecular complexity index is 451. The van der Waals surface area contributed by atoms with E-state index < -0.39 is 0 Å². The molecule has 78 valence electrons. The number of rotatable bonds is 4. The van der Waals surface area contributed by atoms with Gasteiger partial charge in [-0.15, -0.1) is 0 Å². The summed E-state index contributed by atoms with van der Waals surface area (Å²) in [7, 11) is 0. The average Bonchev–Trinajstić information content (AvgIpc) is 2.71. The molecule has 0 atom stereocenters. The van der Waals surface area contributed by atoms with Gasteiger partial charge in [0.2, 0.25) is 0 Å². The highest BCUT2D eigenvalue weighted by molar-refractivity contribution is 5.77. The zero-order chi connectivity index (χ0) is 10.5. The van der Waals surface area contributed by atoms with Crippen LogP contribution in [-0.2, 0) is 6.42 Å². The molecule has 1 heteroatoms. The number of benzene rings is 1. The molecule has 2 rings (SSSR count). The van der Waals surface area contributed by atoms with E-state index in [0.29, 0.717) is 0 Å². The van der Waals surface area contributed by atoms with Gasteiger partial charge in [-0.2, -0.15) is 0 Å². The van der Waals surface area contributed by atoms with Crippen LogP contribution in [0.5, 0.6) is 0 Å². The molecule has 0 aliphatic heterocycles. The third-order valence-corrected chi connectivity index (χ3v) is 2.59. The first-order chi connectivity index (χ1) is 7.40. The summed E-state index contributed by atoms with van der Waals surface area (Å²) in [6.45, 7) is 2.06. The van der Waals surface area contributed by atoms with E-state index in [2.05, 4.69) is 37.3 Å². The molecule has 0 N–H and O–H groups in total. The molecule has 1 aromatic heterocycles. The highest BCUT2D eigenvalue weighted by atomic mass is 16.3. The van der Waals surface area contributed by atoms with E-state index in [4.69, 9.17) is 4.42 Å². The van der Waals surface area contributed by atoms with E-state index in [1.54, 1.807) is 6.26 Å². The summed E-state index contributed by atoms with van der Waals surface area (Å²) in [5.74, 6) is 0. The van der Waals surface area contributed by atoms with Crippen LogP contribution in [0, 0.1) is 0 Å². The van der Waals surface area contributed by atoms with Crippen molar-refractivity contribution in [2.45, 2.75) is 26.2 Å². The molecule has 2 aromatic rings. The Hall–Kier alpha value is -1.50. The zero-order valence-corrected chi connectivity index (χ0v) is 9.07. The van der Waals surface area contributed by atoms with Crippen LogP contribution < -0.4 is 0 Å². The maximum atomic E-state index is 5.37. The van der Waals surface area contributed by atoms with Crippen molar-refractivity contribution in [3.05, 3.63) is 48.2 Å². The number of unbranched alkanes of at least 4 members (excludes halogenated alkanes) is 1. The lowest BCUT2D eigenvalue weighted by atomic mass is 10.1. The Balaban J connectivity index is 2.01. The van der Waals surface area contributed by atoms with E-state index in [1.807, 2.05) is 6.07 Å². The molecule has 1 nitrogen and oxygen atoms in total. The smallest absolute Gasteiger partial charge is 0.134 e. The van der Waals surface area contributed by atoms with Crippen LogP contribution in [0.3, 0.4) is 0 Å². The lowest BCUT2D eigenvalue weighted by Crippen LogP contribution is -1.83. The standard InChI is InChI=1S/C14H16O/c1-2-3-4-5-6-12-7-8-13-9-10-15-14(13)11-12/h2-3,7-11H,4-6H2,1H3. The molecule has 1 heterocycles. The van der Waals surface area contributed by atoms with Crippen LogP contribution in [0.4, 0.5) is 0 Å². The summed E-state index contributed by atoms with van der Waals surface area (Å²) in [5.41, 5.74) is 2.36. The molecule has 0 spiro atoms. The molecule has 0 amide bonds. The Labute approximate surface area is 90.4 Å². The van der Waals surface area contributed by atoms with E-state index in [1.165, 1.54) is 17.4 Å². The van der Waals surface area contributed by atoms with Crippen molar-refractivity contribution < 1.29 is 4.42 Å². The topological polar surface area (TPSA) is 13.1 Å². The van der Waals surface area contributed by atoms with Crippen LogP contribution in [0.1, 0.15) is 25.3 Å². The van der Waals surface area contributed by atoms with Crippen LogP contribution >= 0.6 is 0 Å². The number of hydrogen-bond donors (Lipinski definition) is 0. The van der Waals surface area contributed by atoms with Gasteiger partial charge >= 0.3 is 0 Å². The summed E-state index contributed by atoms with van der Waals surface area (Å²) >= 11 is 0. The van der Waals surface area contributed by atoms with Gasteiger partial charge in [0, 0.05) is 5.39 Å². The van der Waals surface area contributed by atoms with Gasteiger partial charge in [0.25, 0.3) is 0 Å². The van der Waals surface area contributed by atoms with Crippen molar-refractivity contribution >= 4 is 11.0 Å². The van der Waals surface area contributed by atoms with E-state index >= 15 is 0 Å². The first-order valence-electron chi connectivity index (χ1n) is 5.47. The van der Waals surface area contributed by atoms with Gasteiger partial charge in [-0.1, -0.05) is 24.3 Å². The average molecular weight is 200 g/mol. The Morgan fingerprint density at radius 1 is 1.27 bits per heavy atom. The predicted octanol–water partition coefficient (Wildman–Crippen LogP) is 4.33. The van der Waals surface area contributed by atoms with Crippen LogP contribution in [0.25, 0.3) is 11.0 Å². The highest BCUT2D eigenvalue weighted by Gasteiger charge is 1.98. The molecule has 0 saturated heterocycles. The minimum absolute atomic E-state index is 0.999. The molecule has 0 unspecified atom stereocenters. The first-order valence-corrected chi connectivity index (χ1v) is 5.47. The lowest BCUT2D eigenvalue weighted by molar-refractivity contribution is 0.615. The highest BCUT2D eigenvalue weighted by Crippen LogP contribution is 2.18. The molecule has 0 aliphatic rings. The quantitative estimate of drug-likeness (QED) is 0.529. The number of fused-ring (bicyclic) bond motifs is 1. The second-order valence-corrected chi connectivity index (χ2v) is 3.75. The zero-order valence-electron chi connectivity index (χ0n) is 9.07. The van der Waals surface area contributed by atoms with Crippen LogP contribution in [0.2, 0.25) is 0 Å².